The Hall–Kier alpha value is -2.96. The van der Waals surface area contributed by atoms with Crippen molar-refractivity contribution < 1.29 is 27.8 Å². The van der Waals surface area contributed by atoms with E-state index in [0.717, 1.165) is 17.7 Å². The van der Waals surface area contributed by atoms with E-state index in [1.807, 2.05) is 0 Å². The molecule has 0 aromatic heterocycles. The van der Waals surface area contributed by atoms with E-state index in [0.29, 0.717) is 5.75 Å². The minimum absolute atomic E-state index is 0.0133. The van der Waals surface area contributed by atoms with Gasteiger partial charge in [-0.05, 0) is 30.7 Å². The Morgan fingerprint density at radius 2 is 1.81 bits per heavy atom. The first-order valence-corrected chi connectivity index (χ1v) is 7.92. The van der Waals surface area contributed by atoms with Crippen LogP contribution >= 0.6 is 0 Å². The highest BCUT2D eigenvalue weighted by atomic mass is 19.1. The number of ether oxygens (including phenoxy) is 2. The molecule has 0 unspecified atom stereocenters. The van der Waals surface area contributed by atoms with Gasteiger partial charge < -0.3 is 14.8 Å². The molecule has 0 aliphatic rings. The number of methoxy groups -OCH3 is 1. The lowest BCUT2D eigenvalue weighted by atomic mass is 10.1. The number of hydrogen-bond acceptors (Lipinski definition) is 4. The molecule has 26 heavy (non-hydrogen) atoms. The molecule has 138 valence electrons. The number of rotatable bonds is 7. The highest BCUT2D eigenvalue weighted by molar-refractivity contribution is 5.81. The number of esters is 1. The molecule has 1 amide bonds. The van der Waals surface area contributed by atoms with E-state index in [2.05, 4.69) is 5.32 Å². The van der Waals surface area contributed by atoms with Crippen LogP contribution in [0.25, 0.3) is 0 Å². The molecule has 0 aliphatic heterocycles. The topological polar surface area (TPSA) is 64.6 Å². The normalized spacial score (nSPS) is 11.5. The number of halogens is 2. The lowest BCUT2D eigenvalue weighted by molar-refractivity contribution is -0.148. The summed E-state index contributed by atoms with van der Waals surface area (Å²) in [7, 11) is 1.54. The van der Waals surface area contributed by atoms with Crippen molar-refractivity contribution in [1.29, 1.82) is 0 Å². The molecule has 0 radical (unpaired) electrons. The monoisotopic (exact) mass is 363 g/mol. The van der Waals surface area contributed by atoms with Gasteiger partial charge in [0.2, 0.25) is 0 Å². The van der Waals surface area contributed by atoms with Crippen LogP contribution in [0.5, 0.6) is 5.75 Å². The van der Waals surface area contributed by atoms with E-state index >= 15 is 0 Å². The van der Waals surface area contributed by atoms with Crippen molar-refractivity contribution in [2.45, 2.75) is 19.4 Å². The fourth-order valence-electron chi connectivity index (χ4n) is 2.32. The van der Waals surface area contributed by atoms with Gasteiger partial charge >= 0.3 is 5.97 Å². The third kappa shape index (κ3) is 5.54. The van der Waals surface area contributed by atoms with E-state index < -0.39 is 36.2 Å². The summed E-state index contributed by atoms with van der Waals surface area (Å²) < 4.78 is 36.5. The van der Waals surface area contributed by atoms with E-state index in [-0.39, 0.29) is 12.0 Å². The second-order valence-corrected chi connectivity index (χ2v) is 5.64. The van der Waals surface area contributed by atoms with Crippen molar-refractivity contribution in [1.82, 2.24) is 5.32 Å². The number of benzene rings is 2. The minimum Gasteiger partial charge on any atom is -0.497 e. The summed E-state index contributed by atoms with van der Waals surface area (Å²) in [4.78, 5) is 23.6. The van der Waals surface area contributed by atoms with Crippen molar-refractivity contribution in [3.63, 3.8) is 0 Å². The van der Waals surface area contributed by atoms with E-state index in [1.165, 1.54) is 6.07 Å². The third-order valence-electron chi connectivity index (χ3n) is 3.68. The quantitative estimate of drug-likeness (QED) is 0.769. The van der Waals surface area contributed by atoms with Gasteiger partial charge in [-0.15, -0.1) is 0 Å². The largest absolute Gasteiger partial charge is 0.497 e. The number of carbonyl (C=O) groups excluding carboxylic acids is 2. The van der Waals surface area contributed by atoms with E-state index in [1.54, 1.807) is 38.3 Å². The average molecular weight is 363 g/mol. The van der Waals surface area contributed by atoms with Crippen molar-refractivity contribution in [2.75, 3.05) is 13.7 Å². The van der Waals surface area contributed by atoms with Crippen LogP contribution in [0, 0.1) is 11.6 Å². The van der Waals surface area contributed by atoms with Gasteiger partial charge in [0.15, 0.2) is 6.61 Å². The average Bonchev–Trinajstić information content (AvgIpc) is 2.60. The van der Waals surface area contributed by atoms with Crippen LogP contribution < -0.4 is 10.1 Å². The van der Waals surface area contributed by atoms with Crippen molar-refractivity contribution in [3.05, 3.63) is 65.2 Å². The molecule has 2 rings (SSSR count). The molecule has 2 aromatic rings. The van der Waals surface area contributed by atoms with Gasteiger partial charge in [-0.2, -0.15) is 0 Å². The summed E-state index contributed by atoms with van der Waals surface area (Å²) in [6.07, 6.45) is 0.0133. The smallest absolute Gasteiger partial charge is 0.310 e. The van der Waals surface area contributed by atoms with Gasteiger partial charge in [0.1, 0.15) is 17.4 Å². The SMILES string of the molecule is COc1ccc(CC(=O)OCC(=O)N[C@@H](C)c2ccc(F)cc2F)cc1. The predicted molar refractivity (Wildman–Crippen MR) is 90.6 cm³/mol. The van der Waals surface area contributed by atoms with Crippen LogP contribution in [0.4, 0.5) is 8.78 Å². The van der Waals surface area contributed by atoms with Gasteiger partial charge in [-0.25, -0.2) is 8.78 Å². The summed E-state index contributed by atoms with van der Waals surface area (Å²) >= 11 is 0. The lowest BCUT2D eigenvalue weighted by Crippen LogP contribution is -2.31. The molecular formula is C19H19F2NO4. The summed E-state index contributed by atoms with van der Waals surface area (Å²) in [6.45, 7) is 1.07. The third-order valence-corrected chi connectivity index (χ3v) is 3.68. The van der Waals surface area contributed by atoms with Gasteiger partial charge in [-0.1, -0.05) is 18.2 Å². The first-order valence-electron chi connectivity index (χ1n) is 7.92. The molecule has 5 nitrogen and oxygen atoms in total. The first-order chi connectivity index (χ1) is 12.4. The number of carbonyl (C=O) groups is 2. The maximum absolute atomic E-state index is 13.7. The van der Waals surface area contributed by atoms with Gasteiger partial charge in [0, 0.05) is 11.6 Å². The van der Waals surface area contributed by atoms with Gasteiger partial charge in [0.25, 0.3) is 5.91 Å². The summed E-state index contributed by atoms with van der Waals surface area (Å²) in [5.41, 5.74) is 0.863. The molecular weight excluding hydrogens is 344 g/mol. The predicted octanol–water partition coefficient (Wildman–Crippen LogP) is 2.94. The van der Waals surface area contributed by atoms with Crippen LogP contribution in [0.1, 0.15) is 24.1 Å². The standard InChI is InChI=1S/C19H19F2NO4/c1-12(16-8-5-14(20)10-17(16)21)22-18(23)11-26-19(24)9-13-3-6-15(25-2)7-4-13/h3-8,10,12H,9,11H2,1-2H3,(H,22,23)/t12-/m0/s1. The second-order valence-electron chi connectivity index (χ2n) is 5.64. The molecule has 0 saturated heterocycles. The Morgan fingerprint density at radius 1 is 1.12 bits per heavy atom. The van der Waals surface area contributed by atoms with Gasteiger partial charge in [0.05, 0.1) is 19.6 Å². The van der Waals surface area contributed by atoms with Crippen molar-refractivity contribution >= 4 is 11.9 Å². The highest BCUT2D eigenvalue weighted by Gasteiger charge is 2.15. The Bertz CT molecular complexity index is 778. The van der Waals surface area contributed by atoms with Crippen LogP contribution in [0.15, 0.2) is 42.5 Å². The maximum atomic E-state index is 13.7. The lowest BCUT2D eigenvalue weighted by Gasteiger charge is -2.15. The van der Waals surface area contributed by atoms with Crippen LogP contribution in [0.3, 0.4) is 0 Å². The summed E-state index contributed by atoms with van der Waals surface area (Å²) in [6, 6.07) is 9.29. The van der Waals surface area contributed by atoms with Crippen LogP contribution in [-0.2, 0) is 20.7 Å². The Kier molecular flexibility index (Phi) is 6.66. The van der Waals surface area contributed by atoms with Crippen LogP contribution in [0.2, 0.25) is 0 Å². The molecule has 0 aliphatic carbocycles. The first kappa shape index (κ1) is 19.4. The molecule has 0 saturated carbocycles. The maximum Gasteiger partial charge on any atom is 0.310 e. The molecule has 2 aromatic carbocycles. The highest BCUT2D eigenvalue weighted by Crippen LogP contribution is 2.17. The fraction of sp³-hybridized carbons (Fsp3) is 0.263. The minimum atomic E-state index is -0.755. The number of amides is 1. The summed E-state index contributed by atoms with van der Waals surface area (Å²) in [5, 5.41) is 2.50. The van der Waals surface area contributed by atoms with Crippen molar-refractivity contribution in [2.24, 2.45) is 0 Å². The molecule has 1 atom stereocenters. The number of nitrogens with one attached hydrogen (secondary N) is 1. The van der Waals surface area contributed by atoms with E-state index in [9.17, 15) is 18.4 Å². The number of hydrogen-bond donors (Lipinski definition) is 1. The molecule has 7 heteroatoms. The molecule has 1 N–H and O–H groups in total. The van der Waals surface area contributed by atoms with Crippen LogP contribution in [-0.4, -0.2) is 25.6 Å². The Morgan fingerprint density at radius 3 is 2.42 bits per heavy atom. The van der Waals surface area contributed by atoms with Crippen molar-refractivity contribution in [3.8, 4) is 5.75 Å². The zero-order valence-electron chi connectivity index (χ0n) is 14.4. The van der Waals surface area contributed by atoms with Gasteiger partial charge in [-0.3, -0.25) is 9.59 Å². The molecule has 0 heterocycles. The van der Waals surface area contributed by atoms with E-state index in [4.69, 9.17) is 9.47 Å². The molecule has 0 bridgehead atoms. The fourth-order valence-corrected chi connectivity index (χ4v) is 2.32. The molecule has 0 spiro atoms. The Balaban J connectivity index is 1.80. The molecule has 0 fully saturated rings. The zero-order valence-corrected chi connectivity index (χ0v) is 14.4. The zero-order chi connectivity index (χ0) is 19.1. The Labute approximate surface area is 149 Å². The summed E-state index contributed by atoms with van der Waals surface area (Å²) in [5.74, 6) is -1.93. The second kappa shape index (κ2) is 8.94.